The third-order valence-corrected chi connectivity index (χ3v) is 5.28. The van der Waals surface area contributed by atoms with Gasteiger partial charge in [-0.2, -0.15) is 0 Å². The van der Waals surface area contributed by atoms with Crippen LogP contribution in [0.15, 0.2) is 30.3 Å². The van der Waals surface area contributed by atoms with Gasteiger partial charge in [-0.3, -0.25) is 14.5 Å². The van der Waals surface area contributed by atoms with E-state index in [1.807, 2.05) is 51.1 Å². The highest BCUT2D eigenvalue weighted by atomic mass is 16.7. The van der Waals surface area contributed by atoms with E-state index in [0.717, 1.165) is 27.9 Å². The lowest BCUT2D eigenvalue weighted by Gasteiger charge is -2.24. The van der Waals surface area contributed by atoms with Crippen LogP contribution in [-0.4, -0.2) is 43.1 Å². The number of nitrogens with one attached hydrogen (secondary N) is 2. The summed E-state index contributed by atoms with van der Waals surface area (Å²) in [5, 5.41) is 5.88. The van der Waals surface area contributed by atoms with E-state index in [4.69, 9.17) is 9.47 Å². The van der Waals surface area contributed by atoms with E-state index >= 15 is 0 Å². The number of aryl methyl sites for hydroxylation is 3. The van der Waals surface area contributed by atoms with Crippen LogP contribution in [0.1, 0.15) is 29.2 Å². The average molecular weight is 412 g/mol. The Morgan fingerprint density at radius 2 is 1.73 bits per heavy atom. The minimum atomic E-state index is -0.454. The second-order valence-electron chi connectivity index (χ2n) is 7.82. The molecule has 1 aliphatic heterocycles. The van der Waals surface area contributed by atoms with Crippen molar-refractivity contribution in [2.45, 2.75) is 40.3 Å². The molecule has 160 valence electrons. The molecule has 3 rings (SSSR count). The Kier molecular flexibility index (Phi) is 6.62. The van der Waals surface area contributed by atoms with Crippen LogP contribution in [0.25, 0.3) is 0 Å². The van der Waals surface area contributed by atoms with Gasteiger partial charge in [0.2, 0.25) is 18.6 Å². The molecule has 0 spiro atoms. The molecule has 7 nitrogen and oxygen atoms in total. The molecule has 0 fully saturated rings. The van der Waals surface area contributed by atoms with Crippen molar-refractivity contribution in [3.63, 3.8) is 0 Å². The fraction of sp³-hybridized carbons (Fsp3) is 0.391. The van der Waals surface area contributed by atoms with Gasteiger partial charge >= 0.3 is 0 Å². The number of ether oxygens (including phenoxy) is 2. The van der Waals surface area contributed by atoms with Crippen LogP contribution < -0.4 is 20.1 Å². The van der Waals surface area contributed by atoms with Crippen LogP contribution in [0.3, 0.4) is 0 Å². The van der Waals surface area contributed by atoms with E-state index in [0.29, 0.717) is 18.0 Å². The van der Waals surface area contributed by atoms with Crippen LogP contribution in [0.5, 0.6) is 11.5 Å². The zero-order valence-corrected chi connectivity index (χ0v) is 18.2. The van der Waals surface area contributed by atoms with E-state index in [-0.39, 0.29) is 25.2 Å². The number of fused-ring (bicyclic) bond motifs is 1. The molecule has 0 saturated heterocycles. The normalized spacial score (nSPS) is 13.3. The lowest BCUT2D eigenvalue weighted by molar-refractivity contribution is -0.126. The fourth-order valence-electron chi connectivity index (χ4n) is 3.51. The van der Waals surface area contributed by atoms with Gasteiger partial charge in [0.25, 0.3) is 0 Å². The van der Waals surface area contributed by atoms with Crippen molar-refractivity contribution in [2.24, 2.45) is 0 Å². The van der Waals surface area contributed by atoms with Crippen molar-refractivity contribution in [3.05, 3.63) is 52.6 Å². The number of hydrogen-bond acceptors (Lipinski definition) is 5. The molecule has 7 heteroatoms. The van der Waals surface area contributed by atoms with E-state index in [2.05, 4.69) is 10.6 Å². The van der Waals surface area contributed by atoms with Crippen molar-refractivity contribution in [3.8, 4) is 11.5 Å². The van der Waals surface area contributed by atoms with Gasteiger partial charge < -0.3 is 20.1 Å². The molecule has 30 heavy (non-hydrogen) atoms. The molecule has 1 atom stereocenters. The summed E-state index contributed by atoms with van der Waals surface area (Å²) in [5.41, 5.74) is 4.97. The monoisotopic (exact) mass is 411 g/mol. The van der Waals surface area contributed by atoms with Gasteiger partial charge in [-0.1, -0.05) is 23.8 Å². The molecular formula is C23H29N3O4. The molecule has 1 aliphatic rings. The predicted molar refractivity (Wildman–Crippen MR) is 116 cm³/mol. The Labute approximate surface area is 177 Å². The molecule has 0 aromatic heterocycles. The number of carbonyl (C=O) groups excluding carboxylic acids is 2. The highest BCUT2D eigenvalue weighted by Gasteiger charge is 2.21. The second-order valence-corrected chi connectivity index (χ2v) is 7.82. The first kappa shape index (κ1) is 21.6. The van der Waals surface area contributed by atoms with Gasteiger partial charge in [0.15, 0.2) is 11.5 Å². The van der Waals surface area contributed by atoms with Crippen molar-refractivity contribution in [1.29, 1.82) is 0 Å². The van der Waals surface area contributed by atoms with Crippen LogP contribution in [0.2, 0.25) is 0 Å². The largest absolute Gasteiger partial charge is 0.454 e. The van der Waals surface area contributed by atoms with Crippen LogP contribution in [-0.2, 0) is 16.1 Å². The summed E-state index contributed by atoms with van der Waals surface area (Å²) in [6, 6.07) is 9.21. The Morgan fingerprint density at radius 1 is 1.07 bits per heavy atom. The Balaban J connectivity index is 1.51. The predicted octanol–water partition coefficient (Wildman–Crippen LogP) is 2.92. The smallest absolute Gasteiger partial charge is 0.238 e. The summed E-state index contributed by atoms with van der Waals surface area (Å²) in [5.74, 6) is 1.10. The number of benzene rings is 2. The van der Waals surface area contributed by atoms with Crippen molar-refractivity contribution < 1.29 is 19.1 Å². The third kappa shape index (κ3) is 5.10. The van der Waals surface area contributed by atoms with E-state index in [9.17, 15) is 9.59 Å². The molecule has 0 aliphatic carbocycles. The van der Waals surface area contributed by atoms with E-state index < -0.39 is 6.04 Å². The van der Waals surface area contributed by atoms with Gasteiger partial charge in [-0.05, 0) is 63.6 Å². The number of anilines is 1. The standard InChI is InChI=1S/C23H29N3O4/c1-14-8-15(2)22(16(3)9-14)25-21(27)12-26(5)17(4)23(28)24-11-18-6-7-19-20(10-18)30-13-29-19/h6-10,17H,11-13H2,1-5H3,(H,24,28)(H,25,27). The van der Waals surface area contributed by atoms with E-state index in [1.54, 1.807) is 18.9 Å². The number of likely N-dealkylation sites (N-methyl/N-ethyl adjacent to an activating group) is 1. The maximum atomic E-state index is 12.5. The topological polar surface area (TPSA) is 79.9 Å². The zero-order valence-electron chi connectivity index (χ0n) is 18.2. The number of rotatable bonds is 7. The third-order valence-electron chi connectivity index (χ3n) is 5.28. The van der Waals surface area contributed by atoms with Crippen molar-refractivity contribution in [2.75, 3.05) is 25.7 Å². The minimum absolute atomic E-state index is 0.116. The molecule has 1 unspecified atom stereocenters. The molecule has 2 aromatic carbocycles. The molecule has 2 aromatic rings. The maximum absolute atomic E-state index is 12.5. The van der Waals surface area contributed by atoms with Crippen LogP contribution in [0.4, 0.5) is 5.69 Å². The van der Waals surface area contributed by atoms with Crippen molar-refractivity contribution in [1.82, 2.24) is 10.2 Å². The number of carbonyl (C=O) groups is 2. The Bertz CT molecular complexity index is 934. The highest BCUT2D eigenvalue weighted by Crippen LogP contribution is 2.32. The lowest BCUT2D eigenvalue weighted by atomic mass is 10.1. The Morgan fingerprint density at radius 3 is 2.43 bits per heavy atom. The van der Waals surface area contributed by atoms with Gasteiger partial charge in [-0.25, -0.2) is 0 Å². The molecule has 0 radical (unpaired) electrons. The van der Waals surface area contributed by atoms with E-state index in [1.165, 1.54) is 0 Å². The molecule has 0 saturated carbocycles. The SMILES string of the molecule is Cc1cc(C)c(NC(=O)CN(C)C(C)C(=O)NCc2ccc3c(c2)OCO3)c(C)c1. The minimum Gasteiger partial charge on any atom is -0.454 e. The summed E-state index contributed by atoms with van der Waals surface area (Å²) < 4.78 is 10.7. The summed E-state index contributed by atoms with van der Waals surface area (Å²) in [7, 11) is 1.76. The van der Waals surface area contributed by atoms with Gasteiger partial charge in [-0.15, -0.1) is 0 Å². The number of hydrogen-bond donors (Lipinski definition) is 2. The average Bonchev–Trinajstić information content (AvgIpc) is 3.16. The summed E-state index contributed by atoms with van der Waals surface area (Å²) in [6.07, 6.45) is 0. The molecule has 1 heterocycles. The first-order valence-electron chi connectivity index (χ1n) is 9.98. The van der Waals surface area contributed by atoms with Gasteiger partial charge in [0.1, 0.15) is 0 Å². The van der Waals surface area contributed by atoms with Gasteiger partial charge in [0, 0.05) is 12.2 Å². The quantitative estimate of drug-likeness (QED) is 0.732. The number of amides is 2. The Hall–Kier alpha value is -3.06. The maximum Gasteiger partial charge on any atom is 0.238 e. The molecule has 2 N–H and O–H groups in total. The lowest BCUT2D eigenvalue weighted by Crippen LogP contribution is -2.45. The summed E-state index contributed by atoms with van der Waals surface area (Å²) in [6.45, 7) is 8.48. The summed E-state index contributed by atoms with van der Waals surface area (Å²) in [4.78, 5) is 26.8. The van der Waals surface area contributed by atoms with Crippen molar-refractivity contribution >= 4 is 17.5 Å². The zero-order chi connectivity index (χ0) is 21.8. The fourth-order valence-corrected chi connectivity index (χ4v) is 3.51. The molecule has 0 bridgehead atoms. The van der Waals surface area contributed by atoms with Gasteiger partial charge in [0.05, 0.1) is 12.6 Å². The summed E-state index contributed by atoms with van der Waals surface area (Å²) >= 11 is 0. The van der Waals surface area contributed by atoms with Crippen LogP contribution in [0, 0.1) is 20.8 Å². The first-order valence-corrected chi connectivity index (χ1v) is 9.98. The first-order chi connectivity index (χ1) is 14.2. The van der Waals surface area contributed by atoms with Crippen LogP contribution >= 0.6 is 0 Å². The highest BCUT2D eigenvalue weighted by molar-refractivity contribution is 5.94. The molecule has 2 amide bonds. The number of nitrogens with zero attached hydrogens (tertiary/aromatic N) is 1. The molecular weight excluding hydrogens is 382 g/mol. The second kappa shape index (κ2) is 9.17.